The second-order valence-corrected chi connectivity index (χ2v) is 3.88. The maximum atomic E-state index is 10.5. The fourth-order valence-corrected chi connectivity index (χ4v) is 1.64. The van der Waals surface area contributed by atoms with Gasteiger partial charge in [-0.2, -0.15) is 5.26 Å². The van der Waals surface area contributed by atoms with E-state index in [-0.39, 0.29) is 5.69 Å². The summed E-state index contributed by atoms with van der Waals surface area (Å²) in [6, 6.07) is 15.6. The average Bonchev–Trinajstić information content (AvgIpc) is 2.45. The second-order valence-electron chi connectivity index (χ2n) is 3.88. The van der Waals surface area contributed by atoms with Crippen molar-refractivity contribution in [2.24, 2.45) is 0 Å². The van der Waals surface area contributed by atoms with Crippen molar-refractivity contribution in [3.63, 3.8) is 0 Å². The smallest absolute Gasteiger partial charge is 0.258 e. The molecule has 0 amide bonds. The molecule has 0 bridgehead atoms. The Kier molecular flexibility index (Phi) is 3.70. The molecule has 0 spiro atoms. The van der Waals surface area contributed by atoms with Gasteiger partial charge in [0.15, 0.2) is 0 Å². The van der Waals surface area contributed by atoms with Crippen molar-refractivity contribution in [2.45, 2.75) is 0 Å². The van der Waals surface area contributed by atoms with Crippen LogP contribution in [0.2, 0.25) is 0 Å². The first-order chi connectivity index (χ1) is 9.20. The quantitative estimate of drug-likeness (QED) is 0.474. The molecule has 4 heteroatoms. The summed E-state index contributed by atoms with van der Waals surface area (Å²) in [5.74, 6) is 0. The van der Waals surface area contributed by atoms with E-state index in [9.17, 15) is 10.1 Å². The van der Waals surface area contributed by atoms with Crippen molar-refractivity contribution in [2.75, 3.05) is 0 Å². The first-order valence-electron chi connectivity index (χ1n) is 5.62. The zero-order valence-corrected chi connectivity index (χ0v) is 9.98. The van der Waals surface area contributed by atoms with E-state index in [1.807, 2.05) is 30.4 Å². The Labute approximate surface area is 110 Å². The summed E-state index contributed by atoms with van der Waals surface area (Å²) in [6.07, 6.45) is 3.64. The van der Waals surface area contributed by atoms with E-state index >= 15 is 0 Å². The number of benzene rings is 2. The van der Waals surface area contributed by atoms with Gasteiger partial charge in [-0.1, -0.05) is 30.4 Å². The summed E-state index contributed by atoms with van der Waals surface area (Å²) in [7, 11) is 0. The number of rotatable bonds is 3. The second kappa shape index (κ2) is 5.61. The minimum Gasteiger partial charge on any atom is -0.258 e. The van der Waals surface area contributed by atoms with E-state index in [1.54, 1.807) is 18.2 Å². The summed E-state index contributed by atoms with van der Waals surface area (Å²) in [4.78, 5) is 10.1. The third kappa shape index (κ3) is 3.05. The fourth-order valence-electron chi connectivity index (χ4n) is 1.64. The first kappa shape index (κ1) is 12.5. The van der Waals surface area contributed by atoms with Gasteiger partial charge in [0, 0.05) is 12.1 Å². The van der Waals surface area contributed by atoms with Crippen LogP contribution in [0.1, 0.15) is 16.7 Å². The summed E-state index contributed by atoms with van der Waals surface area (Å²) in [5, 5.41) is 19.5. The summed E-state index contributed by atoms with van der Waals surface area (Å²) < 4.78 is 0. The fraction of sp³-hybridized carbons (Fsp3) is 0. The lowest BCUT2D eigenvalue weighted by molar-refractivity contribution is -0.384. The maximum Gasteiger partial charge on any atom is 0.269 e. The maximum absolute atomic E-state index is 10.5. The van der Waals surface area contributed by atoms with E-state index in [0.29, 0.717) is 5.56 Å². The van der Waals surface area contributed by atoms with Gasteiger partial charge in [-0.25, -0.2) is 0 Å². The van der Waals surface area contributed by atoms with Crippen LogP contribution in [-0.2, 0) is 0 Å². The number of nitro groups is 1. The molecule has 0 aliphatic rings. The molecule has 2 rings (SSSR count). The monoisotopic (exact) mass is 250 g/mol. The zero-order chi connectivity index (χ0) is 13.7. The Morgan fingerprint density at radius 3 is 2.37 bits per heavy atom. The van der Waals surface area contributed by atoms with Crippen LogP contribution in [0.4, 0.5) is 5.69 Å². The molecule has 0 unspecified atom stereocenters. The van der Waals surface area contributed by atoms with E-state index < -0.39 is 4.92 Å². The minimum atomic E-state index is -0.432. The largest absolute Gasteiger partial charge is 0.269 e. The number of hydrogen-bond acceptors (Lipinski definition) is 3. The zero-order valence-electron chi connectivity index (χ0n) is 9.98. The number of nitro benzene ring substituents is 1. The van der Waals surface area contributed by atoms with Crippen LogP contribution in [0.3, 0.4) is 0 Å². The highest BCUT2D eigenvalue weighted by Crippen LogP contribution is 2.15. The standard InChI is InChI=1S/C15H10N2O2/c16-11-14-4-2-1-3-13(14)8-5-12-6-9-15(10-7-12)17(18)19/h1-10H. The number of hydrogen-bond donors (Lipinski definition) is 0. The lowest BCUT2D eigenvalue weighted by Gasteiger charge is -1.97. The molecule has 19 heavy (non-hydrogen) atoms. The predicted molar refractivity (Wildman–Crippen MR) is 73.2 cm³/mol. The van der Waals surface area contributed by atoms with Crippen LogP contribution < -0.4 is 0 Å². The van der Waals surface area contributed by atoms with Gasteiger partial charge in [0.1, 0.15) is 0 Å². The minimum absolute atomic E-state index is 0.0644. The molecule has 92 valence electrons. The SMILES string of the molecule is N#Cc1ccccc1C=Cc1ccc([N+](=O)[O-])cc1. The Bertz CT molecular complexity index is 667. The van der Waals surface area contributed by atoms with Crippen LogP contribution >= 0.6 is 0 Å². The van der Waals surface area contributed by atoms with Crippen LogP contribution in [0.5, 0.6) is 0 Å². The third-order valence-corrected chi connectivity index (χ3v) is 2.64. The topological polar surface area (TPSA) is 66.9 Å². The third-order valence-electron chi connectivity index (χ3n) is 2.64. The highest BCUT2D eigenvalue weighted by Gasteiger charge is 2.02. The molecule has 0 saturated heterocycles. The number of non-ortho nitro benzene ring substituents is 1. The van der Waals surface area contributed by atoms with E-state index in [4.69, 9.17) is 5.26 Å². The molecule has 2 aromatic rings. The summed E-state index contributed by atoms with van der Waals surface area (Å²) in [6.45, 7) is 0. The van der Waals surface area contributed by atoms with Gasteiger partial charge in [-0.15, -0.1) is 0 Å². The van der Waals surface area contributed by atoms with E-state index in [1.165, 1.54) is 12.1 Å². The highest BCUT2D eigenvalue weighted by molar-refractivity contribution is 5.72. The normalized spacial score (nSPS) is 10.3. The lowest BCUT2D eigenvalue weighted by atomic mass is 10.1. The summed E-state index contributed by atoms with van der Waals surface area (Å²) in [5.41, 5.74) is 2.33. The van der Waals surface area contributed by atoms with Gasteiger partial charge in [-0.05, 0) is 29.3 Å². The van der Waals surface area contributed by atoms with Gasteiger partial charge >= 0.3 is 0 Å². The first-order valence-corrected chi connectivity index (χ1v) is 5.62. The van der Waals surface area contributed by atoms with Gasteiger partial charge in [0.2, 0.25) is 0 Å². The van der Waals surface area contributed by atoms with Gasteiger partial charge < -0.3 is 0 Å². The molecule has 0 saturated carbocycles. The molecule has 0 aromatic heterocycles. The molecule has 0 aliphatic carbocycles. The predicted octanol–water partition coefficient (Wildman–Crippen LogP) is 3.64. The van der Waals surface area contributed by atoms with Crippen LogP contribution in [0.25, 0.3) is 12.2 Å². The molecule has 0 aliphatic heterocycles. The Hall–Kier alpha value is -2.93. The molecule has 0 atom stereocenters. The number of nitriles is 1. The summed E-state index contributed by atoms with van der Waals surface area (Å²) >= 11 is 0. The van der Waals surface area contributed by atoms with Crippen LogP contribution in [-0.4, -0.2) is 4.92 Å². The van der Waals surface area contributed by atoms with Crippen molar-refractivity contribution in [1.82, 2.24) is 0 Å². The van der Waals surface area contributed by atoms with Crippen LogP contribution in [0, 0.1) is 21.4 Å². The Morgan fingerprint density at radius 2 is 1.74 bits per heavy atom. The molecule has 2 aromatic carbocycles. The van der Waals surface area contributed by atoms with E-state index in [2.05, 4.69) is 6.07 Å². The van der Waals surface area contributed by atoms with Crippen molar-refractivity contribution >= 4 is 17.8 Å². The molecular weight excluding hydrogens is 240 g/mol. The average molecular weight is 250 g/mol. The van der Waals surface area contributed by atoms with Crippen molar-refractivity contribution in [3.05, 3.63) is 75.3 Å². The van der Waals surface area contributed by atoms with Crippen molar-refractivity contribution in [1.29, 1.82) is 5.26 Å². The van der Waals surface area contributed by atoms with Crippen LogP contribution in [0.15, 0.2) is 48.5 Å². The highest BCUT2D eigenvalue weighted by atomic mass is 16.6. The van der Waals surface area contributed by atoms with Crippen molar-refractivity contribution in [3.8, 4) is 6.07 Å². The number of nitrogens with zero attached hydrogens (tertiary/aromatic N) is 2. The molecule has 0 N–H and O–H groups in total. The van der Waals surface area contributed by atoms with Gasteiger partial charge in [0.05, 0.1) is 16.6 Å². The Balaban J connectivity index is 2.23. The molecule has 4 nitrogen and oxygen atoms in total. The molecule has 0 radical (unpaired) electrons. The molecule has 0 fully saturated rings. The Morgan fingerprint density at radius 1 is 1.05 bits per heavy atom. The van der Waals surface area contributed by atoms with Crippen molar-refractivity contribution < 1.29 is 4.92 Å². The molecular formula is C15H10N2O2. The van der Waals surface area contributed by atoms with Gasteiger partial charge in [-0.3, -0.25) is 10.1 Å². The van der Waals surface area contributed by atoms with Gasteiger partial charge in [0.25, 0.3) is 5.69 Å². The lowest BCUT2D eigenvalue weighted by Crippen LogP contribution is -1.86. The van der Waals surface area contributed by atoms with E-state index in [0.717, 1.165) is 11.1 Å². The molecule has 0 heterocycles.